The summed E-state index contributed by atoms with van der Waals surface area (Å²) in [5.41, 5.74) is 3.13. The summed E-state index contributed by atoms with van der Waals surface area (Å²) in [4.78, 5) is 8.82. The number of benzene rings is 1. The Hall–Kier alpha value is -1.94. The highest BCUT2D eigenvalue weighted by Crippen LogP contribution is 2.11. The van der Waals surface area contributed by atoms with Crippen molar-refractivity contribution in [2.24, 2.45) is 0 Å². The summed E-state index contributed by atoms with van der Waals surface area (Å²) < 4.78 is 0. The van der Waals surface area contributed by atoms with Gasteiger partial charge in [-0.1, -0.05) is 37.6 Å². The average Bonchev–Trinajstić information content (AvgIpc) is 2.45. The molecule has 1 aromatic heterocycles. The molecule has 2 N–H and O–H groups in total. The Bertz CT molecular complexity index is 569. The van der Waals surface area contributed by atoms with Crippen molar-refractivity contribution in [2.75, 3.05) is 5.32 Å². The van der Waals surface area contributed by atoms with Crippen molar-refractivity contribution in [1.82, 2.24) is 9.97 Å². The highest BCUT2D eigenvalue weighted by molar-refractivity contribution is 5.37. The van der Waals surface area contributed by atoms with Gasteiger partial charge in [-0.15, -0.1) is 0 Å². The number of aliphatic hydroxyl groups excluding tert-OH is 1. The largest absolute Gasteiger partial charge is 0.392 e. The van der Waals surface area contributed by atoms with Crippen molar-refractivity contribution in [2.45, 2.75) is 39.8 Å². The fourth-order valence-corrected chi connectivity index (χ4v) is 2.13. The predicted molar refractivity (Wildman–Crippen MR) is 80.5 cm³/mol. The van der Waals surface area contributed by atoms with Gasteiger partial charge in [-0.2, -0.15) is 0 Å². The Labute approximate surface area is 119 Å². The number of nitrogens with zero attached hydrogens (tertiary/aromatic N) is 2. The minimum Gasteiger partial charge on any atom is -0.392 e. The van der Waals surface area contributed by atoms with E-state index in [9.17, 15) is 0 Å². The molecule has 0 radical (unpaired) electrons. The van der Waals surface area contributed by atoms with Crippen LogP contribution in [0.15, 0.2) is 30.3 Å². The number of aromatic nitrogens is 2. The van der Waals surface area contributed by atoms with Crippen LogP contribution in [0.25, 0.3) is 0 Å². The van der Waals surface area contributed by atoms with Crippen LogP contribution < -0.4 is 5.32 Å². The molecular weight excluding hydrogens is 250 g/mol. The number of aliphatic hydroxyl groups is 1. The predicted octanol–water partition coefficient (Wildman–Crippen LogP) is 2.84. The lowest BCUT2D eigenvalue weighted by Crippen LogP contribution is -2.05. The summed E-state index contributed by atoms with van der Waals surface area (Å²) in [5, 5.41) is 12.5. The highest BCUT2D eigenvalue weighted by atomic mass is 16.3. The van der Waals surface area contributed by atoms with Gasteiger partial charge < -0.3 is 10.4 Å². The number of hydrogen-bond donors (Lipinski definition) is 2. The van der Waals surface area contributed by atoms with Crippen molar-refractivity contribution >= 4 is 5.82 Å². The van der Waals surface area contributed by atoms with Gasteiger partial charge in [-0.3, -0.25) is 0 Å². The number of nitrogens with one attached hydrogen (secondary N) is 1. The molecule has 0 aliphatic carbocycles. The molecule has 0 fully saturated rings. The average molecular weight is 271 g/mol. The van der Waals surface area contributed by atoms with E-state index in [1.807, 2.05) is 37.3 Å². The molecule has 0 amide bonds. The van der Waals surface area contributed by atoms with E-state index < -0.39 is 0 Å². The maximum Gasteiger partial charge on any atom is 0.130 e. The van der Waals surface area contributed by atoms with E-state index in [1.165, 1.54) is 0 Å². The summed E-state index contributed by atoms with van der Waals surface area (Å²) >= 11 is 0. The normalized spacial score (nSPS) is 10.6. The Kier molecular flexibility index (Phi) is 5.07. The molecule has 0 bridgehead atoms. The van der Waals surface area contributed by atoms with E-state index in [0.717, 1.165) is 41.3 Å². The molecule has 2 aromatic rings. The zero-order valence-electron chi connectivity index (χ0n) is 12.1. The van der Waals surface area contributed by atoms with E-state index in [2.05, 4.69) is 22.2 Å². The van der Waals surface area contributed by atoms with Gasteiger partial charge in [0.25, 0.3) is 0 Å². The molecular formula is C16H21N3O. The van der Waals surface area contributed by atoms with Crippen LogP contribution in [-0.4, -0.2) is 15.1 Å². The smallest absolute Gasteiger partial charge is 0.130 e. The number of hydrogen-bond acceptors (Lipinski definition) is 4. The van der Waals surface area contributed by atoms with Gasteiger partial charge >= 0.3 is 0 Å². The molecule has 4 heteroatoms. The molecule has 20 heavy (non-hydrogen) atoms. The third-order valence-corrected chi connectivity index (χ3v) is 3.04. The molecule has 4 nitrogen and oxygen atoms in total. The molecule has 0 saturated heterocycles. The van der Waals surface area contributed by atoms with Crippen LogP contribution in [0.2, 0.25) is 0 Å². The van der Waals surface area contributed by atoms with E-state index in [0.29, 0.717) is 6.54 Å². The van der Waals surface area contributed by atoms with Crippen LogP contribution in [-0.2, 0) is 19.6 Å². The molecule has 0 aliphatic heterocycles. The molecule has 2 rings (SSSR count). The first kappa shape index (κ1) is 14.5. The summed E-state index contributed by atoms with van der Waals surface area (Å²) in [6, 6.07) is 9.90. The highest BCUT2D eigenvalue weighted by Gasteiger charge is 2.02. The maximum absolute atomic E-state index is 9.14. The summed E-state index contributed by atoms with van der Waals surface area (Å²) in [6.45, 7) is 4.82. The molecule has 106 valence electrons. The lowest BCUT2D eigenvalue weighted by atomic mass is 10.1. The van der Waals surface area contributed by atoms with Crippen LogP contribution >= 0.6 is 0 Å². The van der Waals surface area contributed by atoms with Crippen LogP contribution in [0.1, 0.15) is 36.0 Å². The number of anilines is 1. The second-order valence-corrected chi connectivity index (χ2v) is 4.87. The molecule has 0 spiro atoms. The zero-order valence-corrected chi connectivity index (χ0v) is 12.1. The zero-order chi connectivity index (χ0) is 14.4. The summed E-state index contributed by atoms with van der Waals surface area (Å²) in [5.74, 6) is 1.65. The Balaban J connectivity index is 2.06. The van der Waals surface area contributed by atoms with Crippen LogP contribution in [0, 0.1) is 6.92 Å². The first-order valence-corrected chi connectivity index (χ1v) is 6.98. The first-order chi connectivity index (χ1) is 9.71. The Morgan fingerprint density at radius 3 is 2.70 bits per heavy atom. The molecule has 1 heterocycles. The van der Waals surface area contributed by atoms with Crippen molar-refractivity contribution in [3.63, 3.8) is 0 Å². The lowest BCUT2D eigenvalue weighted by Gasteiger charge is -2.09. The van der Waals surface area contributed by atoms with Crippen LogP contribution in [0.5, 0.6) is 0 Å². The minimum atomic E-state index is 0.0705. The fourth-order valence-electron chi connectivity index (χ4n) is 2.13. The summed E-state index contributed by atoms with van der Waals surface area (Å²) in [6.07, 6.45) is 2.05. The minimum absolute atomic E-state index is 0.0705. The van der Waals surface area contributed by atoms with Gasteiger partial charge in [0.2, 0.25) is 0 Å². The quantitative estimate of drug-likeness (QED) is 0.848. The summed E-state index contributed by atoms with van der Waals surface area (Å²) in [7, 11) is 0. The Morgan fingerprint density at radius 1 is 1.15 bits per heavy atom. The molecule has 1 aromatic carbocycles. The van der Waals surface area contributed by atoms with Crippen molar-refractivity contribution in [3.05, 3.63) is 53.0 Å². The van der Waals surface area contributed by atoms with Gasteiger partial charge in [0.15, 0.2) is 0 Å². The standard InChI is InChI=1S/C16H21N3O/c1-3-5-15-9-16(19-12(2)18-15)17-10-13-6-4-7-14(8-13)11-20/h4,6-9,20H,3,5,10-11H2,1-2H3,(H,17,18,19). The monoisotopic (exact) mass is 271 g/mol. The Morgan fingerprint density at radius 2 is 1.95 bits per heavy atom. The number of rotatable bonds is 6. The third-order valence-electron chi connectivity index (χ3n) is 3.04. The molecule has 0 unspecified atom stereocenters. The van der Waals surface area contributed by atoms with Crippen LogP contribution in [0.3, 0.4) is 0 Å². The van der Waals surface area contributed by atoms with E-state index >= 15 is 0 Å². The second-order valence-electron chi connectivity index (χ2n) is 4.87. The SMILES string of the molecule is CCCc1cc(NCc2cccc(CO)c2)nc(C)n1. The van der Waals surface area contributed by atoms with E-state index in [1.54, 1.807) is 0 Å². The second kappa shape index (κ2) is 7.01. The molecule has 0 aliphatic rings. The number of aryl methyl sites for hydroxylation is 2. The molecule has 0 saturated carbocycles. The van der Waals surface area contributed by atoms with Gasteiger partial charge in [0.05, 0.1) is 6.61 Å². The van der Waals surface area contributed by atoms with Gasteiger partial charge in [0, 0.05) is 18.3 Å². The maximum atomic E-state index is 9.14. The van der Waals surface area contributed by atoms with Crippen molar-refractivity contribution < 1.29 is 5.11 Å². The lowest BCUT2D eigenvalue weighted by molar-refractivity contribution is 0.281. The fraction of sp³-hybridized carbons (Fsp3) is 0.375. The van der Waals surface area contributed by atoms with E-state index in [4.69, 9.17) is 5.11 Å². The van der Waals surface area contributed by atoms with Crippen LogP contribution in [0.4, 0.5) is 5.82 Å². The van der Waals surface area contributed by atoms with Crippen molar-refractivity contribution in [1.29, 1.82) is 0 Å². The molecule has 0 atom stereocenters. The third kappa shape index (κ3) is 4.03. The first-order valence-electron chi connectivity index (χ1n) is 6.98. The van der Waals surface area contributed by atoms with E-state index in [-0.39, 0.29) is 6.61 Å². The topological polar surface area (TPSA) is 58.0 Å². The van der Waals surface area contributed by atoms with Gasteiger partial charge in [0.1, 0.15) is 11.6 Å². The van der Waals surface area contributed by atoms with Gasteiger partial charge in [-0.25, -0.2) is 9.97 Å². The van der Waals surface area contributed by atoms with Crippen molar-refractivity contribution in [3.8, 4) is 0 Å². The van der Waals surface area contributed by atoms with Gasteiger partial charge in [-0.05, 0) is 24.5 Å².